The number of dihydropyridines is 1. The maximum atomic E-state index is 13.4. The third-order valence-electron chi connectivity index (χ3n) is 5.67. The first-order valence-corrected chi connectivity index (χ1v) is 11.8. The number of amides is 1. The van der Waals surface area contributed by atoms with Crippen LogP contribution in [0, 0.1) is 11.3 Å². The van der Waals surface area contributed by atoms with E-state index in [0.717, 1.165) is 11.3 Å². The molecule has 7 nitrogen and oxygen atoms in total. The third kappa shape index (κ3) is 6.35. The van der Waals surface area contributed by atoms with Gasteiger partial charge in [0.2, 0.25) is 5.91 Å². The zero-order chi connectivity index (χ0) is 26.1. The Kier molecular flexibility index (Phi) is 9.32. The van der Waals surface area contributed by atoms with Gasteiger partial charge in [0.05, 0.1) is 31.1 Å². The summed E-state index contributed by atoms with van der Waals surface area (Å²) in [5.74, 6) is -0.882. The van der Waals surface area contributed by atoms with Crippen molar-refractivity contribution in [3.63, 3.8) is 0 Å². The number of nitriles is 1. The average Bonchev–Trinajstić information content (AvgIpc) is 2.86. The minimum Gasteiger partial charge on any atom is -0.496 e. The molecule has 2 N–H and O–H groups in total. The summed E-state index contributed by atoms with van der Waals surface area (Å²) < 4.78 is 10.7. The molecule has 1 heterocycles. The molecule has 1 atom stereocenters. The number of carbonyl (C=O) groups is 2. The highest BCUT2D eigenvalue weighted by molar-refractivity contribution is 6.30. The summed E-state index contributed by atoms with van der Waals surface area (Å²) in [6.45, 7) is 3.78. The first kappa shape index (κ1) is 26.6. The van der Waals surface area contributed by atoms with Crippen LogP contribution >= 0.6 is 11.6 Å². The molecule has 2 aromatic carbocycles. The van der Waals surface area contributed by atoms with E-state index in [2.05, 4.69) is 10.6 Å². The molecule has 1 amide bonds. The Hall–Kier alpha value is -4.02. The van der Waals surface area contributed by atoms with Gasteiger partial charge in [-0.15, -0.1) is 0 Å². The number of esters is 1. The molecule has 1 unspecified atom stereocenters. The second-order valence-electron chi connectivity index (χ2n) is 8.09. The number of rotatable bonds is 9. The van der Waals surface area contributed by atoms with Gasteiger partial charge in [-0.3, -0.25) is 4.79 Å². The standard InChI is InChI=1S/C28H28ClN3O4/c1-18-24(27(33)31-15-7-11-20-9-4-5-13-23(20)35-3)26(21-10-6-12-22(29)17-21)25(19(2)32-18)28(34)36-16-8-14-30/h4-7,9-13,17,26,32H,8,15-16H2,1-3H3,(H,31,33). The molecule has 186 valence electrons. The van der Waals surface area contributed by atoms with Crippen molar-refractivity contribution >= 4 is 29.6 Å². The Morgan fingerprint density at radius 3 is 2.61 bits per heavy atom. The lowest BCUT2D eigenvalue weighted by molar-refractivity contribution is -0.139. The van der Waals surface area contributed by atoms with Gasteiger partial charge >= 0.3 is 5.97 Å². The van der Waals surface area contributed by atoms with Gasteiger partial charge < -0.3 is 20.1 Å². The van der Waals surface area contributed by atoms with E-state index in [1.54, 1.807) is 39.2 Å². The SMILES string of the molecule is COc1ccccc1C=CCNC(=O)C1=C(C)NC(C)=C(C(=O)OCCC#N)C1c1cccc(Cl)c1. The lowest BCUT2D eigenvalue weighted by atomic mass is 9.80. The number of hydrogen-bond acceptors (Lipinski definition) is 6. The quantitative estimate of drug-likeness (QED) is 0.372. The highest BCUT2D eigenvalue weighted by Gasteiger charge is 2.37. The van der Waals surface area contributed by atoms with Gasteiger partial charge in [0.25, 0.3) is 0 Å². The minimum absolute atomic E-state index is 0.0354. The van der Waals surface area contributed by atoms with E-state index in [1.165, 1.54) is 0 Å². The van der Waals surface area contributed by atoms with Crippen LogP contribution in [0.25, 0.3) is 6.08 Å². The molecular weight excluding hydrogens is 478 g/mol. The van der Waals surface area contributed by atoms with Crippen LogP contribution in [-0.4, -0.2) is 32.1 Å². The summed E-state index contributed by atoms with van der Waals surface area (Å²) in [6, 6.07) is 16.6. The van der Waals surface area contributed by atoms with Gasteiger partial charge in [0.1, 0.15) is 12.4 Å². The Morgan fingerprint density at radius 1 is 1.14 bits per heavy atom. The molecule has 0 spiro atoms. The zero-order valence-electron chi connectivity index (χ0n) is 20.4. The number of carbonyl (C=O) groups excluding carboxylic acids is 2. The molecule has 1 aliphatic rings. The number of allylic oxidation sites excluding steroid dienone is 2. The largest absolute Gasteiger partial charge is 0.496 e. The number of methoxy groups -OCH3 is 1. The second-order valence-corrected chi connectivity index (χ2v) is 8.53. The molecule has 0 saturated heterocycles. The average molecular weight is 506 g/mol. The van der Waals surface area contributed by atoms with Crippen molar-refractivity contribution in [3.8, 4) is 11.8 Å². The van der Waals surface area contributed by atoms with Crippen molar-refractivity contribution in [1.82, 2.24) is 10.6 Å². The molecule has 0 saturated carbocycles. The Balaban J connectivity index is 1.88. The molecule has 0 fully saturated rings. The van der Waals surface area contributed by atoms with Crippen molar-refractivity contribution in [3.05, 3.63) is 93.3 Å². The van der Waals surface area contributed by atoms with E-state index in [-0.39, 0.29) is 25.5 Å². The van der Waals surface area contributed by atoms with Gasteiger partial charge in [-0.1, -0.05) is 54.1 Å². The Labute approximate surface area is 216 Å². The maximum absolute atomic E-state index is 13.4. The van der Waals surface area contributed by atoms with E-state index in [1.807, 2.05) is 48.6 Å². The second kappa shape index (κ2) is 12.6. The van der Waals surface area contributed by atoms with Crippen LogP contribution in [0.2, 0.25) is 5.02 Å². The number of nitrogens with one attached hydrogen (secondary N) is 2. The smallest absolute Gasteiger partial charge is 0.336 e. The predicted molar refractivity (Wildman–Crippen MR) is 139 cm³/mol. The van der Waals surface area contributed by atoms with Gasteiger partial charge in [0, 0.05) is 34.1 Å². The van der Waals surface area contributed by atoms with Crippen LogP contribution in [0.15, 0.2) is 77.1 Å². The Morgan fingerprint density at radius 2 is 1.89 bits per heavy atom. The fourth-order valence-corrected chi connectivity index (χ4v) is 4.29. The fourth-order valence-electron chi connectivity index (χ4n) is 4.09. The molecular formula is C28H28ClN3O4. The fraction of sp³-hybridized carbons (Fsp3) is 0.250. The maximum Gasteiger partial charge on any atom is 0.336 e. The number of benzene rings is 2. The van der Waals surface area contributed by atoms with Gasteiger partial charge in [-0.05, 0) is 37.6 Å². The minimum atomic E-state index is -0.697. The lowest BCUT2D eigenvalue weighted by Crippen LogP contribution is -2.36. The first-order valence-electron chi connectivity index (χ1n) is 11.4. The molecule has 3 rings (SSSR count). The molecule has 0 bridgehead atoms. The molecule has 1 aliphatic heterocycles. The van der Waals surface area contributed by atoms with Gasteiger partial charge in [0.15, 0.2) is 0 Å². The summed E-state index contributed by atoms with van der Waals surface area (Å²) in [6.07, 6.45) is 3.78. The van der Waals surface area contributed by atoms with Crippen molar-refractivity contribution in [2.24, 2.45) is 0 Å². The molecule has 0 aromatic heterocycles. The van der Waals surface area contributed by atoms with Crippen LogP contribution in [0.4, 0.5) is 0 Å². The summed E-state index contributed by atoms with van der Waals surface area (Å²) in [4.78, 5) is 26.5. The van der Waals surface area contributed by atoms with E-state index in [9.17, 15) is 9.59 Å². The number of para-hydroxylation sites is 1. The van der Waals surface area contributed by atoms with Crippen molar-refractivity contribution < 1.29 is 19.1 Å². The van der Waals surface area contributed by atoms with Crippen LogP contribution in [0.1, 0.15) is 37.3 Å². The molecule has 0 radical (unpaired) electrons. The summed E-state index contributed by atoms with van der Waals surface area (Å²) in [5, 5.41) is 15.3. The highest BCUT2D eigenvalue weighted by atomic mass is 35.5. The summed E-state index contributed by atoms with van der Waals surface area (Å²) in [5.41, 5.74) is 3.46. The van der Waals surface area contributed by atoms with Crippen LogP contribution in [-0.2, 0) is 14.3 Å². The van der Waals surface area contributed by atoms with Gasteiger partial charge in [-0.25, -0.2) is 4.79 Å². The monoisotopic (exact) mass is 505 g/mol. The normalized spacial score (nSPS) is 15.4. The lowest BCUT2D eigenvalue weighted by Gasteiger charge is -2.31. The predicted octanol–water partition coefficient (Wildman–Crippen LogP) is 4.87. The molecule has 36 heavy (non-hydrogen) atoms. The summed E-state index contributed by atoms with van der Waals surface area (Å²) >= 11 is 6.26. The zero-order valence-corrected chi connectivity index (χ0v) is 21.2. The van der Waals surface area contributed by atoms with Crippen LogP contribution in [0.5, 0.6) is 5.75 Å². The highest BCUT2D eigenvalue weighted by Crippen LogP contribution is 2.39. The van der Waals surface area contributed by atoms with Crippen molar-refractivity contribution in [2.75, 3.05) is 20.3 Å². The van der Waals surface area contributed by atoms with Gasteiger partial charge in [-0.2, -0.15) is 5.26 Å². The van der Waals surface area contributed by atoms with E-state index in [0.29, 0.717) is 33.1 Å². The number of halogens is 1. The Bertz CT molecular complexity index is 1270. The third-order valence-corrected chi connectivity index (χ3v) is 5.91. The molecule has 8 heteroatoms. The number of hydrogen-bond donors (Lipinski definition) is 2. The topological polar surface area (TPSA) is 100 Å². The van der Waals surface area contributed by atoms with E-state index >= 15 is 0 Å². The first-order chi connectivity index (χ1) is 17.4. The van der Waals surface area contributed by atoms with Crippen LogP contribution in [0.3, 0.4) is 0 Å². The number of nitrogens with zero attached hydrogens (tertiary/aromatic N) is 1. The summed E-state index contributed by atoms with van der Waals surface area (Å²) in [7, 11) is 1.61. The van der Waals surface area contributed by atoms with E-state index < -0.39 is 11.9 Å². The number of ether oxygens (including phenoxy) is 2. The van der Waals surface area contributed by atoms with E-state index in [4.69, 9.17) is 26.3 Å². The van der Waals surface area contributed by atoms with Crippen molar-refractivity contribution in [1.29, 1.82) is 5.26 Å². The molecule has 0 aliphatic carbocycles. The van der Waals surface area contributed by atoms with Crippen molar-refractivity contribution in [2.45, 2.75) is 26.2 Å². The molecule has 2 aromatic rings. The van der Waals surface area contributed by atoms with Crippen LogP contribution < -0.4 is 15.4 Å².